The van der Waals surface area contributed by atoms with Gasteiger partial charge in [-0.25, -0.2) is 14.4 Å². The lowest BCUT2D eigenvalue weighted by molar-refractivity contribution is -0.136. The lowest BCUT2D eigenvalue weighted by atomic mass is 10.1. The minimum Gasteiger partial charge on any atom is -0.481 e. The number of hydrogen-bond donors (Lipinski definition) is 1. The lowest BCUT2D eigenvalue weighted by Gasteiger charge is -2.28. The summed E-state index contributed by atoms with van der Waals surface area (Å²) in [7, 11) is 0. The van der Waals surface area contributed by atoms with Gasteiger partial charge >= 0.3 is 5.97 Å². The third-order valence-corrected chi connectivity index (χ3v) is 6.06. The van der Waals surface area contributed by atoms with Gasteiger partial charge in [-0.1, -0.05) is 23.9 Å². The number of aromatic nitrogens is 3. The quantitative estimate of drug-likeness (QED) is 0.317. The van der Waals surface area contributed by atoms with Crippen molar-refractivity contribution < 1.29 is 19.0 Å². The van der Waals surface area contributed by atoms with Crippen molar-refractivity contribution in [1.29, 1.82) is 0 Å². The molecule has 4 rings (SSSR count). The number of aliphatic carboxylic acids is 1. The van der Waals surface area contributed by atoms with E-state index in [1.165, 1.54) is 17.8 Å². The highest BCUT2D eigenvalue weighted by Crippen LogP contribution is 2.29. The van der Waals surface area contributed by atoms with Crippen LogP contribution in [0.1, 0.15) is 17.2 Å². The van der Waals surface area contributed by atoms with Crippen LogP contribution in [0.2, 0.25) is 0 Å². The summed E-state index contributed by atoms with van der Waals surface area (Å²) in [5, 5.41) is 9.51. The van der Waals surface area contributed by atoms with E-state index in [9.17, 15) is 9.18 Å². The number of benzene rings is 1. The molecule has 1 N–H and O–H groups in total. The van der Waals surface area contributed by atoms with E-state index in [4.69, 9.17) is 9.84 Å². The van der Waals surface area contributed by atoms with E-state index in [2.05, 4.69) is 43.3 Å². The van der Waals surface area contributed by atoms with Gasteiger partial charge in [0.05, 0.1) is 41.0 Å². The molecule has 1 aliphatic rings. The first kappa shape index (κ1) is 18.6. The van der Waals surface area contributed by atoms with Crippen LogP contribution in [0, 0.1) is 9.39 Å². The molecule has 1 fully saturated rings. The van der Waals surface area contributed by atoms with Crippen LogP contribution >= 0.6 is 34.4 Å². The minimum absolute atomic E-state index is 0.186. The Morgan fingerprint density at radius 2 is 2.26 bits per heavy atom. The Kier molecular flexibility index (Phi) is 5.33. The number of carboxylic acids is 1. The Bertz CT molecular complexity index is 1020. The van der Waals surface area contributed by atoms with E-state index in [0.717, 1.165) is 20.2 Å². The second-order valence-corrected chi connectivity index (χ2v) is 8.35. The van der Waals surface area contributed by atoms with E-state index in [1.807, 2.05) is 6.20 Å². The molecule has 1 aromatic carbocycles. The highest BCUT2D eigenvalue weighted by Gasteiger charge is 2.23. The minimum atomic E-state index is -1.05. The van der Waals surface area contributed by atoms with Gasteiger partial charge in [0.1, 0.15) is 11.3 Å². The summed E-state index contributed by atoms with van der Waals surface area (Å²) in [5.41, 5.74) is 2.92. The monoisotopic (exact) mass is 499 g/mol. The summed E-state index contributed by atoms with van der Waals surface area (Å²) >= 11 is 3.71. The molecule has 0 aliphatic carbocycles. The molecule has 140 valence electrons. The number of ether oxygens (including phenoxy) is 1. The molecular formula is C18H15FIN3O3S. The SMILES string of the molecule is O=C(O)Cc1cc(CSc2ncc3c(n2)c(I)cn3C2COC2)ccc1F. The average molecular weight is 499 g/mol. The van der Waals surface area contributed by atoms with Gasteiger partial charge in [-0.05, 0) is 39.8 Å². The zero-order valence-corrected chi connectivity index (χ0v) is 17.0. The summed E-state index contributed by atoms with van der Waals surface area (Å²) in [4.78, 5) is 19.9. The highest BCUT2D eigenvalue weighted by molar-refractivity contribution is 14.1. The molecule has 0 radical (unpaired) electrons. The zero-order chi connectivity index (χ0) is 19.0. The molecule has 27 heavy (non-hydrogen) atoms. The molecule has 2 aromatic heterocycles. The molecule has 3 aromatic rings. The summed E-state index contributed by atoms with van der Waals surface area (Å²) in [6, 6.07) is 4.89. The van der Waals surface area contributed by atoms with Crippen LogP contribution in [0.25, 0.3) is 11.0 Å². The maximum atomic E-state index is 13.7. The number of hydrogen-bond acceptors (Lipinski definition) is 5. The first-order valence-electron chi connectivity index (χ1n) is 8.24. The highest BCUT2D eigenvalue weighted by atomic mass is 127. The molecule has 3 heterocycles. The number of carbonyl (C=O) groups is 1. The van der Waals surface area contributed by atoms with Crippen molar-refractivity contribution in [1.82, 2.24) is 14.5 Å². The van der Waals surface area contributed by atoms with Crippen LogP contribution in [0.5, 0.6) is 0 Å². The normalized spacial score (nSPS) is 14.4. The van der Waals surface area contributed by atoms with Crippen molar-refractivity contribution in [3.8, 4) is 0 Å². The number of halogens is 2. The van der Waals surface area contributed by atoms with Crippen LogP contribution in [-0.4, -0.2) is 38.8 Å². The van der Waals surface area contributed by atoms with E-state index in [0.29, 0.717) is 30.2 Å². The van der Waals surface area contributed by atoms with E-state index in [1.54, 1.807) is 12.1 Å². The van der Waals surface area contributed by atoms with Gasteiger partial charge in [0.25, 0.3) is 0 Å². The third kappa shape index (κ3) is 3.94. The molecule has 1 aliphatic heterocycles. The second-order valence-electron chi connectivity index (χ2n) is 6.25. The van der Waals surface area contributed by atoms with E-state index in [-0.39, 0.29) is 12.0 Å². The van der Waals surface area contributed by atoms with Crippen molar-refractivity contribution in [2.75, 3.05) is 13.2 Å². The fourth-order valence-corrected chi connectivity index (χ4v) is 4.35. The molecule has 9 heteroatoms. The first-order chi connectivity index (χ1) is 13.0. The molecule has 0 atom stereocenters. The van der Waals surface area contributed by atoms with Crippen LogP contribution in [0.4, 0.5) is 4.39 Å². The third-order valence-electron chi connectivity index (χ3n) is 4.34. The summed E-state index contributed by atoms with van der Waals surface area (Å²) in [5.74, 6) is -1.02. The molecule has 1 saturated heterocycles. The predicted octanol–water partition coefficient (Wildman–Crippen LogP) is 3.67. The van der Waals surface area contributed by atoms with Crippen LogP contribution in [-0.2, 0) is 21.7 Å². The van der Waals surface area contributed by atoms with Crippen molar-refractivity contribution >= 4 is 51.4 Å². The second kappa shape index (κ2) is 7.72. The molecule has 0 unspecified atom stereocenters. The fraction of sp³-hybridized carbons (Fsp3) is 0.278. The van der Waals surface area contributed by atoms with Gasteiger partial charge in [0, 0.05) is 11.9 Å². The Hall–Kier alpha value is -1.72. The molecule has 0 bridgehead atoms. The number of thioether (sulfide) groups is 1. The molecule has 0 amide bonds. The topological polar surface area (TPSA) is 77.2 Å². The van der Waals surface area contributed by atoms with Gasteiger partial charge in [-0.3, -0.25) is 4.79 Å². The smallest absolute Gasteiger partial charge is 0.307 e. The number of fused-ring (bicyclic) bond motifs is 1. The number of rotatable bonds is 6. The maximum Gasteiger partial charge on any atom is 0.307 e. The summed E-state index contributed by atoms with van der Waals surface area (Å²) in [6.45, 7) is 1.42. The van der Waals surface area contributed by atoms with Crippen molar-refractivity contribution in [3.63, 3.8) is 0 Å². The first-order valence-corrected chi connectivity index (χ1v) is 10.3. The Morgan fingerprint density at radius 1 is 1.44 bits per heavy atom. The van der Waals surface area contributed by atoms with Gasteiger partial charge in [-0.2, -0.15) is 0 Å². The standard InChI is InChI=1S/C18H15FIN3O3S/c19-13-2-1-10(3-11(13)4-16(24)25)9-27-18-21-5-15-17(22-18)14(20)6-23(15)12-7-26-8-12/h1-3,5-6,12H,4,7-9H2,(H,24,25). The Morgan fingerprint density at radius 3 is 2.96 bits per heavy atom. The summed E-state index contributed by atoms with van der Waals surface area (Å²) < 4.78 is 22.2. The van der Waals surface area contributed by atoms with Crippen molar-refractivity contribution in [2.45, 2.75) is 23.4 Å². The van der Waals surface area contributed by atoms with Gasteiger partial charge < -0.3 is 14.4 Å². The largest absolute Gasteiger partial charge is 0.481 e. The molecule has 6 nitrogen and oxygen atoms in total. The Balaban J connectivity index is 1.52. The van der Waals surface area contributed by atoms with Crippen molar-refractivity contribution in [3.05, 3.63) is 51.1 Å². The predicted molar refractivity (Wildman–Crippen MR) is 107 cm³/mol. The molecule has 0 saturated carbocycles. The fourth-order valence-electron chi connectivity index (χ4n) is 2.90. The summed E-state index contributed by atoms with van der Waals surface area (Å²) in [6.07, 6.45) is 3.56. The zero-order valence-electron chi connectivity index (χ0n) is 14.1. The lowest BCUT2D eigenvalue weighted by Crippen LogP contribution is -2.30. The van der Waals surface area contributed by atoms with E-state index >= 15 is 0 Å². The maximum absolute atomic E-state index is 13.7. The van der Waals surface area contributed by atoms with Gasteiger partial charge in [0.2, 0.25) is 0 Å². The van der Waals surface area contributed by atoms with Crippen LogP contribution in [0.15, 0.2) is 35.7 Å². The van der Waals surface area contributed by atoms with Crippen molar-refractivity contribution in [2.24, 2.45) is 0 Å². The van der Waals surface area contributed by atoms with Crippen LogP contribution < -0.4 is 0 Å². The van der Waals surface area contributed by atoms with Gasteiger partial charge in [0.15, 0.2) is 5.16 Å². The molecule has 0 spiro atoms. The van der Waals surface area contributed by atoms with Crippen LogP contribution in [0.3, 0.4) is 0 Å². The van der Waals surface area contributed by atoms with E-state index < -0.39 is 11.8 Å². The Labute approximate surface area is 172 Å². The van der Waals surface area contributed by atoms with Gasteiger partial charge in [-0.15, -0.1) is 0 Å². The average Bonchev–Trinajstić information content (AvgIpc) is 2.90. The molecular weight excluding hydrogens is 484 g/mol. The number of nitrogens with zero attached hydrogens (tertiary/aromatic N) is 3. The number of carboxylic acid groups (broad SMARTS) is 1.